The molecule has 0 heterocycles. The van der Waals surface area contributed by atoms with Crippen molar-refractivity contribution in [2.24, 2.45) is 0 Å². The number of carbonyl (C=O) groups excluding carboxylic acids is 1. The summed E-state index contributed by atoms with van der Waals surface area (Å²) in [6.07, 6.45) is 1.16. The molecule has 1 aromatic carbocycles. The second-order valence-corrected chi connectivity index (χ2v) is 4.15. The second kappa shape index (κ2) is 6.45. The van der Waals surface area contributed by atoms with Crippen molar-refractivity contribution in [2.75, 3.05) is 12.9 Å². The SMILES string of the molecule is COC(=O)CCCSc1cccc(F)c1. The Hall–Kier alpha value is -1.03. The molecule has 1 rings (SSSR count). The Kier molecular flexibility index (Phi) is 5.18. The van der Waals surface area contributed by atoms with Gasteiger partial charge in [0.15, 0.2) is 0 Å². The van der Waals surface area contributed by atoms with Crippen LogP contribution in [0.2, 0.25) is 0 Å². The van der Waals surface area contributed by atoms with Crippen LogP contribution in [-0.2, 0) is 9.53 Å². The number of rotatable bonds is 5. The highest BCUT2D eigenvalue weighted by Gasteiger charge is 2.00. The second-order valence-electron chi connectivity index (χ2n) is 2.99. The van der Waals surface area contributed by atoms with Gasteiger partial charge >= 0.3 is 5.97 Å². The van der Waals surface area contributed by atoms with E-state index in [4.69, 9.17) is 0 Å². The number of benzene rings is 1. The van der Waals surface area contributed by atoms with Crippen LogP contribution in [0.15, 0.2) is 29.2 Å². The third-order valence-corrected chi connectivity index (χ3v) is 2.90. The molecule has 0 saturated carbocycles. The van der Waals surface area contributed by atoms with Crippen LogP contribution in [0.25, 0.3) is 0 Å². The van der Waals surface area contributed by atoms with E-state index in [1.807, 2.05) is 6.07 Å². The first-order valence-corrected chi connectivity index (χ1v) is 5.66. The van der Waals surface area contributed by atoms with Gasteiger partial charge in [-0.2, -0.15) is 0 Å². The lowest BCUT2D eigenvalue weighted by Gasteiger charge is -2.01. The lowest BCUT2D eigenvalue weighted by molar-refractivity contribution is -0.140. The van der Waals surface area contributed by atoms with E-state index in [1.165, 1.54) is 31.0 Å². The molecule has 15 heavy (non-hydrogen) atoms. The van der Waals surface area contributed by atoms with Crippen molar-refractivity contribution in [1.29, 1.82) is 0 Å². The van der Waals surface area contributed by atoms with E-state index in [1.54, 1.807) is 6.07 Å². The van der Waals surface area contributed by atoms with E-state index >= 15 is 0 Å². The number of carbonyl (C=O) groups is 1. The Morgan fingerprint density at radius 3 is 3.00 bits per heavy atom. The van der Waals surface area contributed by atoms with Gasteiger partial charge < -0.3 is 4.74 Å². The van der Waals surface area contributed by atoms with Gasteiger partial charge in [0, 0.05) is 11.3 Å². The van der Waals surface area contributed by atoms with Crippen LogP contribution in [0.3, 0.4) is 0 Å². The summed E-state index contributed by atoms with van der Waals surface area (Å²) >= 11 is 1.54. The number of thioether (sulfide) groups is 1. The van der Waals surface area contributed by atoms with Crippen LogP contribution >= 0.6 is 11.8 Å². The molecule has 0 aromatic heterocycles. The van der Waals surface area contributed by atoms with Crippen LogP contribution in [0.5, 0.6) is 0 Å². The minimum atomic E-state index is -0.229. The fourth-order valence-corrected chi connectivity index (χ4v) is 1.96. The Labute approximate surface area is 92.8 Å². The van der Waals surface area contributed by atoms with Crippen molar-refractivity contribution in [3.8, 4) is 0 Å². The van der Waals surface area contributed by atoms with Crippen LogP contribution in [0.1, 0.15) is 12.8 Å². The first-order valence-electron chi connectivity index (χ1n) is 4.67. The molecular weight excluding hydrogens is 215 g/mol. The fourth-order valence-electron chi connectivity index (χ4n) is 1.07. The average molecular weight is 228 g/mol. The lowest BCUT2D eigenvalue weighted by atomic mass is 10.3. The molecule has 2 nitrogen and oxygen atoms in total. The van der Waals surface area contributed by atoms with E-state index in [0.717, 1.165) is 17.1 Å². The van der Waals surface area contributed by atoms with Crippen molar-refractivity contribution in [1.82, 2.24) is 0 Å². The van der Waals surface area contributed by atoms with E-state index < -0.39 is 0 Å². The van der Waals surface area contributed by atoms with Crippen LogP contribution in [-0.4, -0.2) is 18.8 Å². The monoisotopic (exact) mass is 228 g/mol. The van der Waals surface area contributed by atoms with Gasteiger partial charge in [-0.25, -0.2) is 4.39 Å². The largest absolute Gasteiger partial charge is 0.469 e. The van der Waals surface area contributed by atoms with Crippen molar-refractivity contribution in [3.63, 3.8) is 0 Å². The molecule has 0 aliphatic heterocycles. The molecular formula is C11H13FO2S. The molecule has 0 radical (unpaired) electrons. The number of hydrogen-bond acceptors (Lipinski definition) is 3. The minimum absolute atomic E-state index is 0.199. The van der Waals surface area contributed by atoms with Crippen molar-refractivity contribution < 1.29 is 13.9 Å². The summed E-state index contributed by atoms with van der Waals surface area (Å²) in [5.41, 5.74) is 0. The quantitative estimate of drug-likeness (QED) is 0.440. The molecule has 0 spiro atoms. The van der Waals surface area contributed by atoms with E-state index in [-0.39, 0.29) is 11.8 Å². The molecule has 0 saturated heterocycles. The molecule has 0 aliphatic carbocycles. The van der Waals surface area contributed by atoms with Crippen LogP contribution < -0.4 is 0 Å². The van der Waals surface area contributed by atoms with Crippen molar-refractivity contribution in [3.05, 3.63) is 30.1 Å². The highest BCUT2D eigenvalue weighted by molar-refractivity contribution is 7.99. The summed E-state index contributed by atoms with van der Waals surface area (Å²) in [6.45, 7) is 0. The van der Waals surface area contributed by atoms with Gasteiger partial charge in [-0.1, -0.05) is 6.07 Å². The van der Waals surface area contributed by atoms with Gasteiger partial charge in [-0.15, -0.1) is 11.8 Å². The number of hydrogen-bond donors (Lipinski definition) is 0. The Bertz CT molecular complexity index is 328. The van der Waals surface area contributed by atoms with Crippen molar-refractivity contribution in [2.45, 2.75) is 17.7 Å². The van der Waals surface area contributed by atoms with Crippen molar-refractivity contribution >= 4 is 17.7 Å². The summed E-state index contributed by atoms with van der Waals surface area (Å²) in [4.78, 5) is 11.7. The molecule has 0 N–H and O–H groups in total. The lowest BCUT2D eigenvalue weighted by Crippen LogP contribution is -1.99. The van der Waals surface area contributed by atoms with E-state index in [2.05, 4.69) is 4.74 Å². The third-order valence-electron chi connectivity index (χ3n) is 1.82. The third kappa shape index (κ3) is 4.83. The van der Waals surface area contributed by atoms with Gasteiger partial charge in [0.2, 0.25) is 0 Å². The van der Waals surface area contributed by atoms with Gasteiger partial charge in [0.25, 0.3) is 0 Å². The average Bonchev–Trinajstić information content (AvgIpc) is 2.24. The predicted molar refractivity (Wildman–Crippen MR) is 58.4 cm³/mol. The zero-order valence-electron chi connectivity index (χ0n) is 8.53. The Balaban J connectivity index is 2.23. The summed E-state index contributed by atoms with van der Waals surface area (Å²) in [7, 11) is 1.38. The minimum Gasteiger partial charge on any atom is -0.469 e. The molecule has 0 aliphatic rings. The van der Waals surface area contributed by atoms with Gasteiger partial charge in [0.05, 0.1) is 7.11 Å². The highest BCUT2D eigenvalue weighted by Crippen LogP contribution is 2.19. The number of ether oxygens (including phenoxy) is 1. The van der Waals surface area contributed by atoms with Crippen LogP contribution in [0, 0.1) is 5.82 Å². The molecule has 4 heteroatoms. The maximum absolute atomic E-state index is 12.8. The number of halogens is 1. The standard InChI is InChI=1S/C11H13FO2S/c1-14-11(13)6-3-7-15-10-5-2-4-9(12)8-10/h2,4-5,8H,3,6-7H2,1H3. The molecule has 0 unspecified atom stereocenters. The fraction of sp³-hybridized carbons (Fsp3) is 0.364. The summed E-state index contributed by atoms with van der Waals surface area (Å²) in [6, 6.07) is 6.44. The molecule has 1 aromatic rings. The smallest absolute Gasteiger partial charge is 0.305 e. The predicted octanol–water partition coefficient (Wildman–Crippen LogP) is 2.87. The van der Waals surface area contributed by atoms with Gasteiger partial charge in [-0.05, 0) is 30.4 Å². The highest BCUT2D eigenvalue weighted by atomic mass is 32.2. The zero-order valence-corrected chi connectivity index (χ0v) is 9.35. The Morgan fingerprint density at radius 2 is 2.33 bits per heavy atom. The summed E-state index contributed by atoms with van der Waals surface area (Å²) < 4.78 is 17.3. The molecule has 0 amide bonds. The molecule has 0 fully saturated rings. The normalized spacial score (nSPS) is 10.0. The first-order chi connectivity index (χ1) is 7.22. The summed E-state index contributed by atoms with van der Waals surface area (Å²) in [5.74, 6) is 0.362. The molecule has 0 atom stereocenters. The van der Waals surface area contributed by atoms with Crippen LogP contribution in [0.4, 0.5) is 4.39 Å². The first kappa shape index (κ1) is 12.0. The van der Waals surface area contributed by atoms with E-state index in [9.17, 15) is 9.18 Å². The zero-order chi connectivity index (χ0) is 11.1. The Morgan fingerprint density at radius 1 is 1.53 bits per heavy atom. The van der Waals surface area contributed by atoms with E-state index in [0.29, 0.717) is 6.42 Å². The van der Waals surface area contributed by atoms with Gasteiger partial charge in [-0.3, -0.25) is 4.79 Å². The summed E-state index contributed by atoms with van der Waals surface area (Å²) in [5, 5.41) is 0. The van der Waals surface area contributed by atoms with Gasteiger partial charge in [0.1, 0.15) is 5.82 Å². The topological polar surface area (TPSA) is 26.3 Å². The number of methoxy groups -OCH3 is 1. The maximum atomic E-state index is 12.8. The maximum Gasteiger partial charge on any atom is 0.305 e. The molecule has 0 bridgehead atoms. The molecule has 82 valence electrons. The number of esters is 1.